The van der Waals surface area contributed by atoms with Crippen LogP contribution in [0.2, 0.25) is 0 Å². The molecule has 0 N–H and O–H groups in total. The average molecular weight is 563 g/mol. The molecule has 0 radical (unpaired) electrons. The molecule has 0 saturated heterocycles. The highest BCUT2D eigenvalue weighted by Gasteiger charge is 2.43. The molecule has 41 heavy (non-hydrogen) atoms. The van der Waals surface area contributed by atoms with Crippen LogP contribution >= 0.6 is 0 Å². The Balaban J connectivity index is 1.65. The Bertz CT molecular complexity index is 1630. The summed E-state index contributed by atoms with van der Waals surface area (Å²) in [5, 5.41) is 2.07. The molecular weight excluding hydrogens is 540 g/mol. The summed E-state index contributed by atoms with van der Waals surface area (Å²) >= 11 is 0. The molecule has 0 unspecified atom stereocenters. The van der Waals surface area contributed by atoms with E-state index in [0.29, 0.717) is 20.7 Å². The maximum atomic E-state index is 14.9. The number of hydrogen-bond donors (Lipinski definition) is 0. The smallest absolute Gasteiger partial charge is 0.180 e. The van der Waals surface area contributed by atoms with E-state index in [4.69, 9.17) is 0 Å². The van der Waals surface area contributed by atoms with Crippen molar-refractivity contribution in [3.63, 3.8) is 0 Å². The van der Waals surface area contributed by atoms with E-state index in [-0.39, 0.29) is 0 Å². The van der Waals surface area contributed by atoms with Gasteiger partial charge in [-0.05, 0) is 91.5 Å². The lowest BCUT2D eigenvalue weighted by atomic mass is 10.1. The third-order valence-electron chi connectivity index (χ3n) is 7.25. The van der Waals surface area contributed by atoms with Crippen molar-refractivity contribution in [1.29, 1.82) is 0 Å². The first-order chi connectivity index (χ1) is 19.9. The monoisotopic (exact) mass is 562 g/mol. The van der Waals surface area contributed by atoms with Crippen molar-refractivity contribution in [2.24, 2.45) is 0 Å². The molecule has 0 spiro atoms. The highest BCUT2D eigenvalue weighted by atomic mass is 28.3. The van der Waals surface area contributed by atoms with Gasteiger partial charge in [0.15, 0.2) is 8.07 Å². The van der Waals surface area contributed by atoms with Crippen molar-refractivity contribution in [2.75, 3.05) is 0 Å². The van der Waals surface area contributed by atoms with Gasteiger partial charge in [0.2, 0.25) is 0 Å². The molecule has 200 valence electrons. The predicted octanol–water partition coefficient (Wildman–Crippen LogP) is 5.74. The van der Waals surface area contributed by atoms with Gasteiger partial charge in [0, 0.05) is 36.9 Å². The predicted molar refractivity (Wildman–Crippen MR) is 156 cm³/mol. The summed E-state index contributed by atoms with van der Waals surface area (Å²) in [7, 11) is -3.66. The van der Waals surface area contributed by atoms with E-state index >= 15 is 0 Å². The summed E-state index contributed by atoms with van der Waals surface area (Å²) < 4.78 is 59.4. The first-order valence-electron chi connectivity index (χ1n) is 12.9. The molecule has 0 bridgehead atoms. The number of nitrogens with zero attached hydrogens (tertiary/aromatic N) is 2. The van der Waals surface area contributed by atoms with Gasteiger partial charge in [0.25, 0.3) is 0 Å². The standard InChI is InChI=1S/C34H22F4N2Si/c35-27-17-28(36)20-33(19-27)41(34-21-29(37)18-30(38)22-34,31-5-1-23(2-6-31)25-9-13-39-14-10-25)32-7-3-24(4-8-32)26-11-15-40-16-12-26/h1-22H. The fourth-order valence-electron chi connectivity index (χ4n) is 5.45. The Morgan fingerprint density at radius 2 is 0.634 bits per heavy atom. The Morgan fingerprint density at radius 3 is 0.951 bits per heavy atom. The molecule has 0 atom stereocenters. The van der Waals surface area contributed by atoms with Crippen LogP contribution in [0.15, 0.2) is 134 Å². The summed E-state index contributed by atoms with van der Waals surface area (Å²) in [4.78, 5) is 8.14. The van der Waals surface area contributed by atoms with Gasteiger partial charge in [0.05, 0.1) is 0 Å². The molecule has 7 heteroatoms. The quantitative estimate of drug-likeness (QED) is 0.147. The summed E-state index contributed by atoms with van der Waals surface area (Å²) in [6.45, 7) is 0. The Labute approximate surface area is 235 Å². The first-order valence-corrected chi connectivity index (χ1v) is 14.9. The number of aromatic nitrogens is 2. The molecule has 0 saturated carbocycles. The van der Waals surface area contributed by atoms with Crippen LogP contribution in [0.1, 0.15) is 0 Å². The van der Waals surface area contributed by atoms with Gasteiger partial charge in [-0.25, -0.2) is 17.6 Å². The Morgan fingerprint density at radius 1 is 0.341 bits per heavy atom. The molecule has 6 rings (SSSR count). The first kappa shape index (κ1) is 26.3. The summed E-state index contributed by atoms with van der Waals surface area (Å²) in [6.07, 6.45) is 6.77. The second-order valence-corrected chi connectivity index (χ2v) is 13.5. The average Bonchev–Trinajstić information content (AvgIpc) is 2.98. The van der Waals surface area contributed by atoms with E-state index in [1.807, 2.05) is 72.8 Å². The third kappa shape index (κ3) is 5.07. The maximum absolute atomic E-state index is 14.9. The van der Waals surface area contributed by atoms with E-state index in [9.17, 15) is 17.6 Å². The molecule has 4 aromatic carbocycles. The Hall–Kier alpha value is -4.88. The number of benzene rings is 4. The van der Waals surface area contributed by atoms with E-state index in [1.54, 1.807) is 24.8 Å². The van der Waals surface area contributed by atoms with E-state index in [0.717, 1.165) is 34.4 Å². The molecule has 0 fully saturated rings. The lowest BCUT2D eigenvalue weighted by molar-refractivity contribution is 0.585. The fourth-order valence-corrected chi connectivity index (χ4v) is 10.2. The molecular formula is C34H22F4N2Si. The molecule has 0 aliphatic rings. The zero-order valence-electron chi connectivity index (χ0n) is 21.6. The lowest BCUT2D eigenvalue weighted by Gasteiger charge is -2.34. The zero-order chi connectivity index (χ0) is 28.4. The molecule has 0 amide bonds. The van der Waals surface area contributed by atoms with Gasteiger partial charge >= 0.3 is 0 Å². The van der Waals surface area contributed by atoms with Crippen molar-refractivity contribution in [3.05, 3.63) is 157 Å². The van der Waals surface area contributed by atoms with Crippen LogP contribution in [0.5, 0.6) is 0 Å². The van der Waals surface area contributed by atoms with Gasteiger partial charge in [-0.15, -0.1) is 0 Å². The highest BCUT2D eigenvalue weighted by Crippen LogP contribution is 2.21. The minimum atomic E-state index is -3.66. The van der Waals surface area contributed by atoms with Crippen LogP contribution in [0, 0.1) is 23.3 Å². The second-order valence-electron chi connectivity index (χ2n) is 9.69. The molecule has 0 aliphatic carbocycles. The minimum Gasteiger partial charge on any atom is -0.265 e. The molecule has 0 aliphatic heterocycles. The molecule has 2 nitrogen and oxygen atoms in total. The van der Waals surface area contributed by atoms with E-state index < -0.39 is 31.3 Å². The number of rotatable bonds is 6. The number of halogens is 4. The van der Waals surface area contributed by atoms with Crippen LogP contribution in [0.25, 0.3) is 22.3 Å². The van der Waals surface area contributed by atoms with Gasteiger partial charge in [-0.2, -0.15) is 0 Å². The summed E-state index contributed by atoms with van der Waals surface area (Å²) in [6, 6.07) is 29.3. The zero-order valence-corrected chi connectivity index (χ0v) is 22.6. The van der Waals surface area contributed by atoms with Crippen molar-refractivity contribution >= 4 is 28.8 Å². The largest absolute Gasteiger partial charge is 0.265 e. The second kappa shape index (κ2) is 10.9. The van der Waals surface area contributed by atoms with E-state index in [2.05, 4.69) is 9.97 Å². The van der Waals surface area contributed by atoms with Gasteiger partial charge < -0.3 is 0 Å². The van der Waals surface area contributed by atoms with Gasteiger partial charge in [0.1, 0.15) is 23.3 Å². The minimum absolute atomic E-state index is 0.327. The van der Waals surface area contributed by atoms with Crippen LogP contribution in [0.4, 0.5) is 17.6 Å². The van der Waals surface area contributed by atoms with Gasteiger partial charge in [-0.3, -0.25) is 9.97 Å². The topological polar surface area (TPSA) is 25.8 Å². The van der Waals surface area contributed by atoms with Crippen LogP contribution in [-0.2, 0) is 0 Å². The number of pyridine rings is 2. The SMILES string of the molecule is Fc1cc(F)cc([Si](c2ccc(-c3ccncc3)cc2)(c2ccc(-c3ccncc3)cc2)c2cc(F)cc(F)c2)c1. The maximum Gasteiger partial charge on any atom is 0.180 e. The summed E-state index contributed by atoms with van der Waals surface area (Å²) in [5.74, 6) is -3.07. The fraction of sp³-hybridized carbons (Fsp3) is 0. The van der Waals surface area contributed by atoms with Crippen molar-refractivity contribution < 1.29 is 17.6 Å². The molecule has 6 aromatic rings. The third-order valence-corrected chi connectivity index (χ3v) is 12.0. The van der Waals surface area contributed by atoms with Crippen molar-refractivity contribution in [3.8, 4) is 22.3 Å². The molecule has 2 aromatic heterocycles. The van der Waals surface area contributed by atoms with Crippen molar-refractivity contribution in [2.45, 2.75) is 0 Å². The lowest BCUT2D eigenvalue weighted by Crippen LogP contribution is -2.75. The normalized spacial score (nSPS) is 11.4. The number of hydrogen-bond acceptors (Lipinski definition) is 2. The van der Waals surface area contributed by atoms with E-state index in [1.165, 1.54) is 24.3 Å². The highest BCUT2D eigenvalue weighted by molar-refractivity contribution is 7.19. The van der Waals surface area contributed by atoms with Gasteiger partial charge in [-0.1, -0.05) is 48.5 Å². The Kier molecular flexibility index (Phi) is 7.03. The van der Waals surface area contributed by atoms with Crippen LogP contribution < -0.4 is 20.7 Å². The van der Waals surface area contributed by atoms with Crippen LogP contribution in [-0.4, -0.2) is 18.0 Å². The van der Waals surface area contributed by atoms with Crippen molar-refractivity contribution in [1.82, 2.24) is 9.97 Å². The molecule has 2 heterocycles. The summed E-state index contributed by atoms with van der Waals surface area (Å²) in [5.41, 5.74) is 3.69. The van der Waals surface area contributed by atoms with Crippen LogP contribution in [0.3, 0.4) is 0 Å².